The van der Waals surface area contributed by atoms with Crippen molar-refractivity contribution in [3.63, 3.8) is 0 Å². The Hall–Kier alpha value is -1.39. The summed E-state index contributed by atoms with van der Waals surface area (Å²) in [5.41, 5.74) is 3.12. The molecule has 0 radical (unpaired) electrons. The summed E-state index contributed by atoms with van der Waals surface area (Å²) in [4.78, 5) is 0. The molecule has 1 aromatic carbocycles. The van der Waals surface area contributed by atoms with Crippen LogP contribution in [0.5, 0.6) is 11.5 Å². The summed E-state index contributed by atoms with van der Waals surface area (Å²) in [5.74, 6) is 2.45. The molecule has 1 saturated carbocycles. The summed E-state index contributed by atoms with van der Waals surface area (Å²) in [6.45, 7) is 2.34. The predicted molar refractivity (Wildman–Crippen MR) is 106 cm³/mol. The Kier molecular flexibility index (Phi) is 6.36. The van der Waals surface area contributed by atoms with Gasteiger partial charge >= 0.3 is 0 Å². The van der Waals surface area contributed by atoms with Gasteiger partial charge < -0.3 is 9.47 Å². The second kappa shape index (κ2) is 8.53. The van der Waals surface area contributed by atoms with E-state index >= 15 is 0 Å². The average molecular weight is 397 g/mol. The normalized spacial score (nSPS) is 20.2. The maximum Gasteiger partial charge on any atom is 0.141 e. The lowest BCUT2D eigenvalue weighted by atomic mass is 9.78. The van der Waals surface area contributed by atoms with E-state index in [4.69, 9.17) is 32.7 Å². The highest BCUT2D eigenvalue weighted by molar-refractivity contribution is 6.37. The molecular weight excluding hydrogens is 371 g/mol. The van der Waals surface area contributed by atoms with Crippen molar-refractivity contribution in [2.75, 3.05) is 14.2 Å². The van der Waals surface area contributed by atoms with E-state index in [0.29, 0.717) is 39.8 Å². The van der Waals surface area contributed by atoms with E-state index in [1.54, 1.807) is 20.3 Å². The highest BCUT2D eigenvalue weighted by atomic mass is 35.5. The van der Waals surface area contributed by atoms with Gasteiger partial charge in [-0.2, -0.15) is 5.10 Å². The molecule has 1 aromatic heterocycles. The van der Waals surface area contributed by atoms with E-state index in [0.717, 1.165) is 17.7 Å². The Balaban J connectivity index is 1.75. The van der Waals surface area contributed by atoms with Crippen LogP contribution in [-0.4, -0.2) is 24.4 Å². The number of rotatable bonds is 6. The van der Waals surface area contributed by atoms with Gasteiger partial charge in [-0.1, -0.05) is 49.4 Å². The van der Waals surface area contributed by atoms with Crippen molar-refractivity contribution in [3.05, 3.63) is 39.1 Å². The van der Waals surface area contributed by atoms with Crippen molar-refractivity contribution in [1.29, 1.82) is 0 Å². The third-order valence-corrected chi connectivity index (χ3v) is 6.29. The van der Waals surface area contributed by atoms with E-state index in [1.165, 1.54) is 31.4 Å². The highest BCUT2D eigenvalue weighted by Crippen LogP contribution is 2.41. The van der Waals surface area contributed by atoms with Gasteiger partial charge in [0.15, 0.2) is 0 Å². The van der Waals surface area contributed by atoms with Crippen LogP contribution in [0.3, 0.4) is 0 Å². The standard InChI is InChI=1S/C20H26Cl2N2O2/c1-12-6-4-5-7-14(12)16-10-13(23-24-16)8-9-15-19(21)17(25-2)11-18(26-3)20(15)22/h10-12,14H,4-9H2,1-3H3,(H,23,24)/t12-,14-/m1/s1. The molecule has 1 aliphatic carbocycles. The summed E-state index contributed by atoms with van der Waals surface area (Å²) >= 11 is 12.9. The number of methoxy groups -OCH3 is 2. The number of aromatic amines is 1. The number of hydrogen-bond donors (Lipinski definition) is 1. The molecule has 2 atom stereocenters. The molecule has 4 nitrogen and oxygen atoms in total. The molecule has 1 heterocycles. The van der Waals surface area contributed by atoms with Crippen LogP contribution in [0.25, 0.3) is 0 Å². The van der Waals surface area contributed by atoms with Crippen molar-refractivity contribution >= 4 is 23.2 Å². The number of nitrogens with one attached hydrogen (secondary N) is 1. The third-order valence-electron chi connectivity index (χ3n) is 5.46. The lowest BCUT2D eigenvalue weighted by Gasteiger charge is -2.27. The van der Waals surface area contributed by atoms with Crippen LogP contribution in [0.1, 0.15) is 55.5 Å². The first-order valence-corrected chi connectivity index (χ1v) is 9.93. The minimum atomic E-state index is 0.537. The predicted octanol–water partition coefficient (Wildman–Crippen LogP) is 5.81. The summed E-state index contributed by atoms with van der Waals surface area (Å²) in [5, 5.41) is 8.84. The van der Waals surface area contributed by atoms with Gasteiger partial charge in [0.2, 0.25) is 0 Å². The quantitative estimate of drug-likeness (QED) is 0.669. The molecule has 1 N–H and O–H groups in total. The minimum absolute atomic E-state index is 0.537. The zero-order valence-electron chi connectivity index (χ0n) is 15.6. The Morgan fingerprint density at radius 3 is 2.31 bits per heavy atom. The number of hydrogen-bond acceptors (Lipinski definition) is 3. The second-order valence-corrected chi connectivity index (χ2v) is 7.83. The number of aryl methyl sites for hydroxylation is 1. The van der Waals surface area contributed by atoms with E-state index < -0.39 is 0 Å². The first kappa shape index (κ1) is 19.4. The Morgan fingerprint density at radius 1 is 1.04 bits per heavy atom. The number of ether oxygens (including phenoxy) is 2. The van der Waals surface area contributed by atoms with Crippen molar-refractivity contribution in [1.82, 2.24) is 10.2 Å². The monoisotopic (exact) mass is 396 g/mol. The average Bonchev–Trinajstić information content (AvgIpc) is 3.11. The lowest BCUT2D eigenvalue weighted by Crippen LogP contribution is -2.15. The van der Waals surface area contributed by atoms with E-state index in [9.17, 15) is 0 Å². The fraction of sp³-hybridized carbons (Fsp3) is 0.550. The molecule has 3 rings (SSSR count). The van der Waals surface area contributed by atoms with Crippen LogP contribution in [0.2, 0.25) is 10.0 Å². The van der Waals surface area contributed by atoms with Gasteiger partial charge in [0, 0.05) is 17.7 Å². The fourth-order valence-electron chi connectivity index (χ4n) is 3.89. The molecule has 0 aliphatic heterocycles. The van der Waals surface area contributed by atoms with Crippen LogP contribution >= 0.6 is 23.2 Å². The number of benzene rings is 1. The number of H-pyrrole nitrogens is 1. The number of aromatic nitrogens is 2. The minimum Gasteiger partial charge on any atom is -0.495 e. The molecule has 142 valence electrons. The van der Waals surface area contributed by atoms with Crippen LogP contribution in [0.4, 0.5) is 0 Å². The molecular formula is C20H26Cl2N2O2. The zero-order chi connectivity index (χ0) is 18.7. The number of halogens is 2. The SMILES string of the molecule is COc1cc(OC)c(Cl)c(CCc2cc([C@@H]3CCCC[C@H]3C)[nH]n2)c1Cl. The smallest absolute Gasteiger partial charge is 0.141 e. The molecule has 0 bridgehead atoms. The molecule has 1 fully saturated rings. The molecule has 0 saturated heterocycles. The summed E-state index contributed by atoms with van der Waals surface area (Å²) in [6.07, 6.45) is 6.62. The molecule has 1 aliphatic rings. The van der Waals surface area contributed by atoms with Gasteiger partial charge in [-0.3, -0.25) is 5.10 Å². The Morgan fingerprint density at radius 2 is 1.69 bits per heavy atom. The molecule has 2 aromatic rings. The first-order valence-electron chi connectivity index (χ1n) is 9.18. The first-order chi connectivity index (χ1) is 12.5. The topological polar surface area (TPSA) is 47.1 Å². The van der Waals surface area contributed by atoms with Crippen LogP contribution in [0.15, 0.2) is 12.1 Å². The van der Waals surface area contributed by atoms with E-state index in [-0.39, 0.29) is 0 Å². The van der Waals surface area contributed by atoms with Crippen LogP contribution in [-0.2, 0) is 12.8 Å². The fourth-order valence-corrected chi connectivity index (χ4v) is 4.58. The van der Waals surface area contributed by atoms with Gasteiger partial charge in [0.1, 0.15) is 11.5 Å². The molecule has 0 spiro atoms. The van der Waals surface area contributed by atoms with Gasteiger partial charge in [-0.15, -0.1) is 0 Å². The largest absolute Gasteiger partial charge is 0.495 e. The lowest BCUT2D eigenvalue weighted by molar-refractivity contribution is 0.325. The maximum atomic E-state index is 6.46. The summed E-state index contributed by atoms with van der Waals surface area (Å²) < 4.78 is 10.7. The Bertz CT molecular complexity index is 732. The van der Waals surface area contributed by atoms with E-state index in [2.05, 4.69) is 23.2 Å². The molecule has 6 heteroatoms. The summed E-state index contributed by atoms with van der Waals surface area (Å²) in [6, 6.07) is 3.91. The van der Waals surface area contributed by atoms with Gasteiger partial charge in [0.25, 0.3) is 0 Å². The molecule has 0 amide bonds. The maximum absolute atomic E-state index is 6.46. The van der Waals surface area contributed by atoms with E-state index in [1.807, 2.05) is 0 Å². The van der Waals surface area contributed by atoms with Gasteiger partial charge in [0.05, 0.1) is 30.0 Å². The number of nitrogens with zero attached hydrogens (tertiary/aromatic N) is 1. The van der Waals surface area contributed by atoms with Gasteiger partial charge in [-0.25, -0.2) is 0 Å². The van der Waals surface area contributed by atoms with Crippen LogP contribution in [0, 0.1) is 5.92 Å². The van der Waals surface area contributed by atoms with Crippen LogP contribution < -0.4 is 9.47 Å². The van der Waals surface area contributed by atoms with Crippen molar-refractivity contribution in [2.24, 2.45) is 5.92 Å². The van der Waals surface area contributed by atoms with Gasteiger partial charge in [-0.05, 0) is 36.8 Å². The highest BCUT2D eigenvalue weighted by Gasteiger charge is 2.24. The Labute approximate surface area is 165 Å². The second-order valence-electron chi connectivity index (χ2n) is 7.07. The molecule has 26 heavy (non-hydrogen) atoms. The zero-order valence-corrected chi connectivity index (χ0v) is 17.1. The van der Waals surface area contributed by atoms with Crippen molar-refractivity contribution < 1.29 is 9.47 Å². The molecule has 0 unspecified atom stereocenters. The summed E-state index contributed by atoms with van der Waals surface area (Å²) in [7, 11) is 3.17. The van der Waals surface area contributed by atoms with Crippen molar-refractivity contribution in [3.8, 4) is 11.5 Å². The van der Waals surface area contributed by atoms with Crippen molar-refractivity contribution in [2.45, 2.75) is 51.4 Å². The third kappa shape index (κ3) is 3.96.